The van der Waals surface area contributed by atoms with Crippen LogP contribution in [-0.2, 0) is 6.61 Å². The SMILES string of the molecule is N#CC1=C(N)Oc2cc3c(cc2[C@H]1c1ccc(OCc2cccc([N+](=O)[O-])c2)c(Br)c1)OCO3. The van der Waals surface area contributed by atoms with Crippen LogP contribution in [0.3, 0.4) is 0 Å². The van der Waals surface area contributed by atoms with Crippen molar-refractivity contribution in [3.8, 4) is 29.1 Å². The zero-order chi connectivity index (χ0) is 23.8. The highest BCUT2D eigenvalue weighted by atomic mass is 79.9. The van der Waals surface area contributed by atoms with Gasteiger partial charge in [-0.1, -0.05) is 18.2 Å². The molecule has 34 heavy (non-hydrogen) atoms. The van der Waals surface area contributed by atoms with Gasteiger partial charge in [0.2, 0.25) is 12.7 Å². The number of hydrogen-bond acceptors (Lipinski definition) is 8. The topological polar surface area (TPSA) is 130 Å². The molecular formula is C24H16BrN3O6. The van der Waals surface area contributed by atoms with E-state index >= 15 is 0 Å². The highest BCUT2D eigenvalue weighted by Gasteiger charge is 2.33. The number of nitro benzene ring substituents is 1. The summed E-state index contributed by atoms with van der Waals surface area (Å²) >= 11 is 3.53. The second-order valence-electron chi connectivity index (χ2n) is 7.57. The highest BCUT2D eigenvalue weighted by molar-refractivity contribution is 9.10. The van der Waals surface area contributed by atoms with Gasteiger partial charge in [-0.05, 0) is 45.3 Å². The number of allylic oxidation sites excluding steroid dienone is 1. The number of hydrogen-bond donors (Lipinski definition) is 1. The summed E-state index contributed by atoms with van der Waals surface area (Å²) < 4.78 is 23.2. The molecule has 2 N–H and O–H groups in total. The Morgan fingerprint density at radius 1 is 1.15 bits per heavy atom. The molecule has 0 aliphatic carbocycles. The third-order valence-electron chi connectivity index (χ3n) is 5.52. The molecular weight excluding hydrogens is 506 g/mol. The van der Waals surface area contributed by atoms with E-state index in [1.54, 1.807) is 30.3 Å². The van der Waals surface area contributed by atoms with Crippen LogP contribution in [0.4, 0.5) is 5.69 Å². The predicted octanol–water partition coefficient (Wildman–Crippen LogP) is 4.88. The summed E-state index contributed by atoms with van der Waals surface area (Å²) in [6.07, 6.45) is 0. The van der Waals surface area contributed by atoms with E-state index in [1.807, 2.05) is 12.1 Å². The zero-order valence-corrected chi connectivity index (χ0v) is 19.1. The van der Waals surface area contributed by atoms with Crippen molar-refractivity contribution in [3.63, 3.8) is 0 Å². The standard InChI is InChI=1S/C24H16BrN3O6/c25-18-7-14(4-5-19(18)31-11-13-2-1-3-15(6-13)28(29)30)23-16-8-21-22(33-12-32-21)9-20(16)34-24(27)17(23)10-26/h1-9,23H,11-12,27H2/t23-/m1/s1. The first-order chi connectivity index (χ1) is 16.4. The smallest absolute Gasteiger partial charge is 0.269 e. The predicted molar refractivity (Wildman–Crippen MR) is 123 cm³/mol. The Kier molecular flexibility index (Phi) is 5.47. The van der Waals surface area contributed by atoms with E-state index in [0.29, 0.717) is 33.0 Å². The van der Waals surface area contributed by atoms with E-state index in [9.17, 15) is 15.4 Å². The van der Waals surface area contributed by atoms with Gasteiger partial charge in [0.05, 0.1) is 15.3 Å². The van der Waals surface area contributed by atoms with Gasteiger partial charge < -0.3 is 24.7 Å². The molecule has 0 radical (unpaired) electrons. The van der Waals surface area contributed by atoms with Gasteiger partial charge in [-0.25, -0.2) is 0 Å². The lowest BCUT2D eigenvalue weighted by atomic mass is 9.83. The van der Waals surface area contributed by atoms with Crippen LogP contribution < -0.4 is 24.7 Å². The molecule has 0 fully saturated rings. The summed E-state index contributed by atoms with van der Waals surface area (Å²) in [4.78, 5) is 10.5. The van der Waals surface area contributed by atoms with E-state index in [1.165, 1.54) is 12.1 Å². The maximum Gasteiger partial charge on any atom is 0.269 e. The Morgan fingerprint density at radius 2 is 1.94 bits per heavy atom. The molecule has 2 aliphatic heterocycles. The van der Waals surface area contributed by atoms with Gasteiger partial charge in [-0.3, -0.25) is 10.1 Å². The number of nitro groups is 1. The molecule has 3 aromatic carbocycles. The average Bonchev–Trinajstić information content (AvgIpc) is 3.28. The molecule has 0 unspecified atom stereocenters. The molecule has 170 valence electrons. The molecule has 0 aromatic heterocycles. The van der Waals surface area contributed by atoms with E-state index in [-0.39, 0.29) is 30.5 Å². The third-order valence-corrected chi connectivity index (χ3v) is 6.14. The first-order valence-corrected chi connectivity index (χ1v) is 10.9. The average molecular weight is 522 g/mol. The fourth-order valence-corrected chi connectivity index (χ4v) is 4.44. The molecule has 0 amide bonds. The maximum atomic E-state index is 11.0. The Bertz CT molecular complexity index is 1400. The van der Waals surface area contributed by atoms with Gasteiger partial charge in [0, 0.05) is 23.8 Å². The molecule has 2 aliphatic rings. The largest absolute Gasteiger partial charge is 0.488 e. The Labute approximate surface area is 202 Å². The minimum Gasteiger partial charge on any atom is -0.488 e. The van der Waals surface area contributed by atoms with Crippen molar-refractivity contribution in [3.05, 3.63) is 97.3 Å². The monoisotopic (exact) mass is 521 g/mol. The number of nitriles is 1. The van der Waals surface area contributed by atoms with Gasteiger partial charge in [0.25, 0.3) is 5.69 Å². The van der Waals surface area contributed by atoms with Crippen LogP contribution in [0, 0.1) is 21.4 Å². The van der Waals surface area contributed by atoms with Crippen LogP contribution in [0.1, 0.15) is 22.6 Å². The summed E-state index contributed by atoms with van der Waals surface area (Å²) in [6, 6.07) is 17.4. The molecule has 0 bridgehead atoms. The molecule has 0 saturated heterocycles. The number of non-ortho nitro benzene ring substituents is 1. The number of nitrogens with two attached hydrogens (primary N) is 1. The number of fused-ring (bicyclic) bond motifs is 2. The third kappa shape index (κ3) is 3.86. The number of benzene rings is 3. The summed E-state index contributed by atoms with van der Waals surface area (Å²) in [6.45, 7) is 0.262. The highest BCUT2D eigenvalue weighted by Crippen LogP contribution is 2.48. The number of halogens is 1. The lowest BCUT2D eigenvalue weighted by Gasteiger charge is -2.27. The molecule has 1 atom stereocenters. The molecule has 3 aromatic rings. The van der Waals surface area contributed by atoms with Crippen molar-refractivity contribution < 1.29 is 23.9 Å². The van der Waals surface area contributed by atoms with Gasteiger partial charge in [-0.15, -0.1) is 0 Å². The molecule has 10 heteroatoms. The van der Waals surface area contributed by atoms with Crippen molar-refractivity contribution in [2.24, 2.45) is 5.73 Å². The van der Waals surface area contributed by atoms with Crippen molar-refractivity contribution in [1.82, 2.24) is 0 Å². The van der Waals surface area contributed by atoms with E-state index in [0.717, 1.165) is 11.1 Å². The van der Waals surface area contributed by atoms with Gasteiger partial charge in [0.1, 0.15) is 29.7 Å². The second-order valence-corrected chi connectivity index (χ2v) is 8.43. The Balaban J connectivity index is 1.45. The van der Waals surface area contributed by atoms with Crippen molar-refractivity contribution in [2.45, 2.75) is 12.5 Å². The van der Waals surface area contributed by atoms with Crippen molar-refractivity contribution in [2.75, 3.05) is 6.79 Å². The molecule has 5 rings (SSSR count). The van der Waals surface area contributed by atoms with Crippen LogP contribution in [0.25, 0.3) is 0 Å². The second kappa shape index (κ2) is 8.61. The fourth-order valence-electron chi connectivity index (χ4n) is 3.92. The van der Waals surface area contributed by atoms with Crippen LogP contribution in [0.15, 0.2) is 70.5 Å². The molecule has 2 heterocycles. The summed E-state index contributed by atoms with van der Waals surface area (Å²) in [5.41, 5.74) is 8.54. The fraction of sp³-hybridized carbons (Fsp3) is 0.125. The van der Waals surface area contributed by atoms with Crippen LogP contribution in [0.2, 0.25) is 0 Å². The minimum absolute atomic E-state index is 0.00275. The summed E-state index contributed by atoms with van der Waals surface area (Å²) in [5.74, 6) is 1.71. The first kappa shape index (κ1) is 21.6. The van der Waals surface area contributed by atoms with E-state index in [4.69, 9.17) is 24.7 Å². The van der Waals surface area contributed by atoms with Crippen molar-refractivity contribution >= 4 is 21.6 Å². The van der Waals surface area contributed by atoms with Crippen molar-refractivity contribution in [1.29, 1.82) is 5.26 Å². The Hall–Kier alpha value is -4.23. The summed E-state index contributed by atoms with van der Waals surface area (Å²) in [7, 11) is 0. The lowest BCUT2D eigenvalue weighted by molar-refractivity contribution is -0.384. The number of rotatable bonds is 5. The number of ether oxygens (including phenoxy) is 4. The zero-order valence-electron chi connectivity index (χ0n) is 17.5. The lowest BCUT2D eigenvalue weighted by Crippen LogP contribution is -2.21. The van der Waals surface area contributed by atoms with E-state index < -0.39 is 10.8 Å². The quantitative estimate of drug-likeness (QED) is 0.371. The van der Waals surface area contributed by atoms with Crippen LogP contribution in [0.5, 0.6) is 23.0 Å². The van der Waals surface area contributed by atoms with Gasteiger partial charge in [-0.2, -0.15) is 5.26 Å². The molecule has 9 nitrogen and oxygen atoms in total. The Morgan fingerprint density at radius 3 is 2.68 bits per heavy atom. The van der Waals surface area contributed by atoms with Gasteiger partial charge in [0.15, 0.2) is 11.5 Å². The maximum absolute atomic E-state index is 11.0. The van der Waals surface area contributed by atoms with E-state index in [2.05, 4.69) is 22.0 Å². The first-order valence-electron chi connectivity index (χ1n) is 10.1. The minimum atomic E-state index is -0.481. The summed E-state index contributed by atoms with van der Waals surface area (Å²) in [5, 5.41) is 20.8. The van der Waals surface area contributed by atoms with Gasteiger partial charge >= 0.3 is 0 Å². The number of nitrogens with zero attached hydrogens (tertiary/aromatic N) is 2. The molecule has 0 spiro atoms. The normalized spacial score (nSPS) is 15.8. The van der Waals surface area contributed by atoms with Crippen LogP contribution in [-0.4, -0.2) is 11.7 Å². The van der Waals surface area contributed by atoms with Crippen LogP contribution >= 0.6 is 15.9 Å². The molecule has 0 saturated carbocycles.